The van der Waals surface area contributed by atoms with Crippen molar-refractivity contribution in [3.63, 3.8) is 0 Å². The maximum absolute atomic E-state index is 12.4. The van der Waals surface area contributed by atoms with Crippen molar-refractivity contribution >= 4 is 23.1 Å². The van der Waals surface area contributed by atoms with Gasteiger partial charge in [-0.05, 0) is 24.3 Å². The number of aromatic nitrogens is 1. The third-order valence-electron chi connectivity index (χ3n) is 5.06. The van der Waals surface area contributed by atoms with E-state index < -0.39 is 0 Å². The number of nitrogens with zero attached hydrogens (tertiary/aromatic N) is 3. The molecule has 2 aliphatic rings. The lowest BCUT2D eigenvalue weighted by molar-refractivity contribution is 0.0383. The van der Waals surface area contributed by atoms with Gasteiger partial charge in [0.2, 0.25) is 0 Å². The lowest BCUT2D eigenvalue weighted by atomic mass is 10.0. The van der Waals surface area contributed by atoms with Gasteiger partial charge in [0.05, 0.1) is 37.2 Å². The maximum atomic E-state index is 12.4. The molecular weight excluding hydrogens is 384 g/mol. The highest BCUT2D eigenvalue weighted by Crippen LogP contribution is 2.24. The summed E-state index contributed by atoms with van der Waals surface area (Å²) in [5.41, 5.74) is 2.33. The molecule has 3 heterocycles. The second-order valence-electron chi connectivity index (χ2n) is 7.20. The highest BCUT2D eigenvalue weighted by Gasteiger charge is 2.20. The molecule has 0 saturated carbocycles. The number of nitrogens with one attached hydrogen (secondary N) is 1. The van der Waals surface area contributed by atoms with E-state index in [1.165, 1.54) is 0 Å². The van der Waals surface area contributed by atoms with Gasteiger partial charge in [-0.1, -0.05) is 6.07 Å². The Morgan fingerprint density at radius 2 is 2.10 bits per heavy atom. The lowest BCUT2D eigenvalue weighted by Crippen LogP contribution is -2.41. The highest BCUT2D eigenvalue weighted by molar-refractivity contribution is 6.16. The Labute approximate surface area is 174 Å². The quantitative estimate of drug-likeness (QED) is 0.752. The van der Waals surface area contributed by atoms with E-state index in [2.05, 4.69) is 20.2 Å². The summed E-state index contributed by atoms with van der Waals surface area (Å²) in [7, 11) is 0. The fraction of sp³-hybridized carbons (Fsp3) is 0.364. The van der Waals surface area contributed by atoms with Gasteiger partial charge < -0.3 is 14.8 Å². The monoisotopic (exact) mass is 408 g/mol. The molecule has 30 heavy (non-hydrogen) atoms. The number of pyridine rings is 1. The Morgan fingerprint density at radius 3 is 2.97 bits per heavy atom. The van der Waals surface area contributed by atoms with E-state index in [1.807, 2.05) is 0 Å². The van der Waals surface area contributed by atoms with Crippen molar-refractivity contribution in [1.29, 1.82) is 0 Å². The van der Waals surface area contributed by atoms with Crippen LogP contribution in [-0.4, -0.2) is 73.3 Å². The van der Waals surface area contributed by atoms with E-state index in [-0.39, 0.29) is 24.7 Å². The van der Waals surface area contributed by atoms with Crippen LogP contribution in [-0.2, 0) is 4.74 Å². The van der Waals surface area contributed by atoms with Crippen molar-refractivity contribution in [2.75, 3.05) is 46.0 Å². The van der Waals surface area contributed by atoms with Crippen LogP contribution in [0.4, 0.5) is 5.69 Å². The van der Waals surface area contributed by atoms with Crippen LogP contribution in [0.5, 0.6) is 5.75 Å². The van der Waals surface area contributed by atoms with E-state index in [0.717, 1.165) is 32.8 Å². The zero-order chi connectivity index (χ0) is 20.8. The molecule has 8 heteroatoms. The number of amides is 1. The number of carbonyl (C=O) groups excluding carboxylic acids is 2. The van der Waals surface area contributed by atoms with E-state index in [9.17, 15) is 9.59 Å². The number of hydrogen-bond acceptors (Lipinski definition) is 7. The second-order valence-corrected chi connectivity index (χ2v) is 7.20. The van der Waals surface area contributed by atoms with Crippen molar-refractivity contribution in [3.8, 4) is 5.75 Å². The summed E-state index contributed by atoms with van der Waals surface area (Å²) >= 11 is 0. The minimum atomic E-state index is -0.140. The molecule has 0 bridgehead atoms. The number of hydrogen-bond donors (Lipinski definition) is 1. The number of ketones is 1. The lowest BCUT2D eigenvalue weighted by Gasteiger charge is -2.26. The predicted octanol–water partition coefficient (Wildman–Crippen LogP) is 1.88. The number of ether oxygens (including phenoxy) is 2. The summed E-state index contributed by atoms with van der Waals surface area (Å²) in [6.07, 6.45) is 3.39. The van der Waals surface area contributed by atoms with Gasteiger partial charge in [-0.2, -0.15) is 0 Å². The summed E-state index contributed by atoms with van der Waals surface area (Å²) in [6, 6.07) is 8.69. The first kappa shape index (κ1) is 20.2. The molecule has 1 fully saturated rings. The Morgan fingerprint density at radius 1 is 1.23 bits per heavy atom. The van der Waals surface area contributed by atoms with Gasteiger partial charge in [-0.25, -0.2) is 0 Å². The van der Waals surface area contributed by atoms with Crippen LogP contribution in [0.25, 0.3) is 0 Å². The molecule has 0 unspecified atom stereocenters. The van der Waals surface area contributed by atoms with E-state index in [0.29, 0.717) is 34.8 Å². The molecule has 0 spiro atoms. The Balaban J connectivity index is 1.31. The largest absolute Gasteiger partial charge is 0.488 e. The van der Waals surface area contributed by atoms with Gasteiger partial charge in [0.1, 0.15) is 12.4 Å². The highest BCUT2D eigenvalue weighted by atomic mass is 16.5. The number of carbonyl (C=O) groups is 2. The van der Waals surface area contributed by atoms with Crippen LogP contribution in [0.1, 0.15) is 27.1 Å². The molecule has 1 aromatic heterocycles. The predicted molar refractivity (Wildman–Crippen MR) is 112 cm³/mol. The van der Waals surface area contributed by atoms with Crippen molar-refractivity contribution in [1.82, 2.24) is 15.2 Å². The smallest absolute Gasteiger partial charge is 0.251 e. The third kappa shape index (κ3) is 5.08. The van der Waals surface area contributed by atoms with Gasteiger partial charge in [0.15, 0.2) is 5.78 Å². The van der Waals surface area contributed by atoms with Crippen LogP contribution in [0.2, 0.25) is 0 Å². The second kappa shape index (κ2) is 9.60. The normalized spacial score (nSPS) is 16.5. The third-order valence-corrected chi connectivity index (χ3v) is 5.06. The fourth-order valence-electron chi connectivity index (χ4n) is 3.43. The zero-order valence-electron chi connectivity index (χ0n) is 16.7. The van der Waals surface area contributed by atoms with Crippen LogP contribution in [0, 0.1) is 0 Å². The van der Waals surface area contributed by atoms with Crippen molar-refractivity contribution in [2.24, 2.45) is 4.99 Å². The molecule has 0 atom stereocenters. The van der Waals surface area contributed by atoms with E-state index in [1.54, 1.807) is 42.7 Å². The molecule has 8 nitrogen and oxygen atoms in total. The van der Waals surface area contributed by atoms with E-state index in [4.69, 9.17) is 9.47 Å². The first-order valence-electron chi connectivity index (χ1n) is 10.0. The molecule has 2 aliphatic heterocycles. The number of aliphatic imine (C=N–C) groups is 1. The number of benzene rings is 1. The topological polar surface area (TPSA) is 93.1 Å². The van der Waals surface area contributed by atoms with Crippen molar-refractivity contribution in [3.05, 3.63) is 53.9 Å². The molecule has 4 rings (SSSR count). The summed E-state index contributed by atoms with van der Waals surface area (Å²) in [5.74, 6) is 0.427. The fourth-order valence-corrected chi connectivity index (χ4v) is 3.43. The molecule has 0 radical (unpaired) electrons. The molecule has 1 N–H and O–H groups in total. The molecule has 1 aromatic carbocycles. The summed E-state index contributed by atoms with van der Waals surface area (Å²) in [4.78, 5) is 35.4. The molecule has 156 valence electrons. The maximum Gasteiger partial charge on any atom is 0.251 e. The van der Waals surface area contributed by atoms with Crippen LogP contribution in [0.15, 0.2) is 47.7 Å². The van der Waals surface area contributed by atoms with Crippen LogP contribution >= 0.6 is 0 Å². The van der Waals surface area contributed by atoms with Gasteiger partial charge in [0, 0.05) is 43.5 Å². The van der Waals surface area contributed by atoms with Crippen LogP contribution in [0.3, 0.4) is 0 Å². The average Bonchev–Trinajstić information content (AvgIpc) is 2.78. The number of Topliss-reactive ketones (excluding diaryl/α,β-unsaturated/α-hetero) is 1. The summed E-state index contributed by atoms with van der Waals surface area (Å²) in [5, 5.41) is 2.94. The molecular formula is C22H24N4O4. The minimum Gasteiger partial charge on any atom is -0.488 e. The van der Waals surface area contributed by atoms with Crippen molar-refractivity contribution in [2.45, 2.75) is 6.42 Å². The van der Waals surface area contributed by atoms with Gasteiger partial charge in [-0.3, -0.25) is 24.5 Å². The summed E-state index contributed by atoms with van der Waals surface area (Å²) < 4.78 is 11.1. The first-order valence-corrected chi connectivity index (χ1v) is 10.0. The Hall–Kier alpha value is -3.10. The Bertz CT molecular complexity index is 954. The van der Waals surface area contributed by atoms with Gasteiger partial charge in [0.25, 0.3) is 5.91 Å². The molecule has 1 saturated heterocycles. The minimum absolute atomic E-state index is 0.00870. The van der Waals surface area contributed by atoms with Crippen LogP contribution < -0.4 is 10.1 Å². The molecule has 2 aromatic rings. The van der Waals surface area contributed by atoms with Gasteiger partial charge in [-0.15, -0.1) is 0 Å². The number of fused-ring (bicyclic) bond motifs is 1. The molecule has 1 amide bonds. The van der Waals surface area contributed by atoms with Crippen molar-refractivity contribution < 1.29 is 19.1 Å². The molecule has 0 aliphatic carbocycles. The first-order chi connectivity index (χ1) is 14.7. The zero-order valence-corrected chi connectivity index (χ0v) is 16.7. The average molecular weight is 408 g/mol. The number of morpholine rings is 1. The van der Waals surface area contributed by atoms with Gasteiger partial charge >= 0.3 is 0 Å². The SMILES string of the molecule is O=C(NCCN1CCOCC1)c1cccc(OCC2=Nc3cnccc3C(=O)C2)c1. The van der Waals surface area contributed by atoms with E-state index >= 15 is 0 Å². The Kier molecular flexibility index (Phi) is 6.46. The standard InChI is InChI=1S/C22H24N4O4/c27-21-13-17(25-20-14-23-5-4-19(20)21)15-30-18-3-1-2-16(12-18)22(28)24-6-7-26-8-10-29-11-9-26/h1-5,12,14H,6-11,13,15H2,(H,24,28). The number of rotatable bonds is 7. The summed E-state index contributed by atoms with van der Waals surface area (Å²) in [6.45, 7) is 4.84.